The summed E-state index contributed by atoms with van der Waals surface area (Å²) in [6.07, 6.45) is 3.69. The SMILES string of the molecule is CCN(C(=O)CN1CCCCC1C)C(C)COc1ccccc1. The van der Waals surface area contributed by atoms with E-state index in [0.29, 0.717) is 19.2 Å². The molecule has 1 amide bonds. The van der Waals surface area contributed by atoms with Gasteiger partial charge in [0.1, 0.15) is 12.4 Å². The van der Waals surface area contributed by atoms with Crippen LogP contribution in [0.1, 0.15) is 40.0 Å². The van der Waals surface area contributed by atoms with Gasteiger partial charge in [-0.1, -0.05) is 24.6 Å². The molecule has 1 aromatic carbocycles. The highest BCUT2D eigenvalue weighted by Gasteiger charge is 2.25. The fourth-order valence-electron chi connectivity index (χ4n) is 3.21. The molecular formula is C19H30N2O2. The van der Waals surface area contributed by atoms with Crippen LogP contribution in [0.2, 0.25) is 0 Å². The third-order valence-electron chi connectivity index (χ3n) is 4.71. The Bertz CT molecular complexity index is 478. The minimum Gasteiger partial charge on any atom is -0.491 e. The Kier molecular flexibility index (Phi) is 6.90. The summed E-state index contributed by atoms with van der Waals surface area (Å²) in [7, 11) is 0. The lowest BCUT2D eigenvalue weighted by atomic mass is 10.0. The molecule has 0 bridgehead atoms. The summed E-state index contributed by atoms with van der Waals surface area (Å²) in [5.41, 5.74) is 0. The van der Waals surface area contributed by atoms with Gasteiger partial charge in [0, 0.05) is 12.6 Å². The van der Waals surface area contributed by atoms with Gasteiger partial charge >= 0.3 is 0 Å². The summed E-state index contributed by atoms with van der Waals surface area (Å²) in [6.45, 7) is 9.15. The van der Waals surface area contributed by atoms with Gasteiger partial charge in [-0.15, -0.1) is 0 Å². The molecule has 1 saturated heterocycles. The van der Waals surface area contributed by atoms with Crippen LogP contribution < -0.4 is 4.74 Å². The molecule has 0 N–H and O–H groups in total. The van der Waals surface area contributed by atoms with Crippen LogP contribution in [0.3, 0.4) is 0 Å². The summed E-state index contributed by atoms with van der Waals surface area (Å²) < 4.78 is 5.80. The highest BCUT2D eigenvalue weighted by molar-refractivity contribution is 5.78. The lowest BCUT2D eigenvalue weighted by molar-refractivity contribution is -0.135. The number of para-hydroxylation sites is 1. The van der Waals surface area contributed by atoms with Crippen molar-refractivity contribution in [2.45, 2.75) is 52.1 Å². The Morgan fingerprint density at radius 1 is 1.35 bits per heavy atom. The number of amides is 1. The second-order valence-electron chi connectivity index (χ2n) is 6.47. The molecule has 2 unspecified atom stereocenters. The fraction of sp³-hybridized carbons (Fsp3) is 0.632. The lowest BCUT2D eigenvalue weighted by Gasteiger charge is -2.35. The molecule has 0 spiro atoms. The van der Waals surface area contributed by atoms with Gasteiger partial charge in [0.05, 0.1) is 12.6 Å². The molecule has 2 atom stereocenters. The number of piperidine rings is 1. The van der Waals surface area contributed by atoms with E-state index in [2.05, 4.69) is 18.7 Å². The van der Waals surface area contributed by atoms with E-state index in [4.69, 9.17) is 4.74 Å². The molecule has 0 radical (unpaired) electrons. The third-order valence-corrected chi connectivity index (χ3v) is 4.71. The van der Waals surface area contributed by atoms with E-state index in [1.807, 2.05) is 42.2 Å². The van der Waals surface area contributed by atoms with Crippen LogP contribution in [0.25, 0.3) is 0 Å². The molecular weight excluding hydrogens is 288 g/mol. The number of hydrogen-bond acceptors (Lipinski definition) is 3. The zero-order valence-electron chi connectivity index (χ0n) is 14.7. The maximum Gasteiger partial charge on any atom is 0.237 e. The number of likely N-dealkylation sites (N-methyl/N-ethyl adjacent to an activating group) is 1. The van der Waals surface area contributed by atoms with E-state index in [1.165, 1.54) is 19.3 Å². The Morgan fingerprint density at radius 2 is 2.09 bits per heavy atom. The molecule has 0 aromatic heterocycles. The van der Waals surface area contributed by atoms with E-state index >= 15 is 0 Å². The van der Waals surface area contributed by atoms with Crippen LogP contribution in [0.4, 0.5) is 0 Å². The van der Waals surface area contributed by atoms with Crippen molar-refractivity contribution in [1.29, 1.82) is 0 Å². The Labute approximate surface area is 140 Å². The zero-order chi connectivity index (χ0) is 16.7. The Hall–Kier alpha value is -1.55. The molecule has 2 rings (SSSR count). The van der Waals surface area contributed by atoms with E-state index in [9.17, 15) is 4.79 Å². The maximum absolute atomic E-state index is 12.7. The van der Waals surface area contributed by atoms with Crippen molar-refractivity contribution in [3.05, 3.63) is 30.3 Å². The number of nitrogens with zero attached hydrogens (tertiary/aromatic N) is 2. The van der Waals surface area contributed by atoms with Gasteiger partial charge in [0.15, 0.2) is 0 Å². The second kappa shape index (κ2) is 8.92. The normalized spacial score (nSPS) is 20.0. The van der Waals surface area contributed by atoms with Crippen LogP contribution in [-0.4, -0.2) is 54.0 Å². The van der Waals surface area contributed by atoms with E-state index < -0.39 is 0 Å². The van der Waals surface area contributed by atoms with Gasteiger partial charge in [-0.25, -0.2) is 0 Å². The summed E-state index contributed by atoms with van der Waals surface area (Å²) in [4.78, 5) is 16.9. The summed E-state index contributed by atoms with van der Waals surface area (Å²) in [6, 6.07) is 10.4. The minimum absolute atomic E-state index is 0.0767. The van der Waals surface area contributed by atoms with Crippen LogP contribution in [0, 0.1) is 0 Å². The van der Waals surface area contributed by atoms with Crippen molar-refractivity contribution in [2.75, 3.05) is 26.2 Å². The van der Waals surface area contributed by atoms with Gasteiger partial charge < -0.3 is 9.64 Å². The minimum atomic E-state index is 0.0767. The van der Waals surface area contributed by atoms with Crippen molar-refractivity contribution in [3.63, 3.8) is 0 Å². The molecule has 1 aliphatic rings. The molecule has 0 aliphatic carbocycles. The van der Waals surface area contributed by atoms with Crippen molar-refractivity contribution in [3.8, 4) is 5.75 Å². The molecule has 1 heterocycles. The molecule has 1 aromatic rings. The quantitative estimate of drug-likeness (QED) is 0.774. The summed E-state index contributed by atoms with van der Waals surface area (Å²) >= 11 is 0. The topological polar surface area (TPSA) is 32.8 Å². The average Bonchev–Trinajstić information content (AvgIpc) is 2.57. The number of carbonyl (C=O) groups is 1. The first-order valence-electron chi connectivity index (χ1n) is 8.83. The van der Waals surface area contributed by atoms with Gasteiger partial charge in [-0.2, -0.15) is 0 Å². The summed E-state index contributed by atoms with van der Waals surface area (Å²) in [5, 5.41) is 0. The van der Waals surface area contributed by atoms with Crippen molar-refractivity contribution >= 4 is 5.91 Å². The Morgan fingerprint density at radius 3 is 2.74 bits per heavy atom. The van der Waals surface area contributed by atoms with Crippen molar-refractivity contribution in [2.24, 2.45) is 0 Å². The predicted octanol–water partition coefficient (Wildman–Crippen LogP) is 3.18. The highest BCUT2D eigenvalue weighted by atomic mass is 16.5. The van der Waals surface area contributed by atoms with Crippen LogP contribution in [0.15, 0.2) is 30.3 Å². The van der Waals surface area contributed by atoms with Gasteiger partial charge in [0.25, 0.3) is 0 Å². The van der Waals surface area contributed by atoms with Crippen molar-refractivity contribution < 1.29 is 9.53 Å². The molecule has 1 fully saturated rings. The number of benzene rings is 1. The zero-order valence-corrected chi connectivity index (χ0v) is 14.7. The standard InChI is InChI=1S/C19H30N2O2/c1-4-21(17(3)15-23-18-11-6-5-7-12-18)19(22)14-20-13-9-8-10-16(20)2/h5-7,11-12,16-17H,4,8-10,13-15H2,1-3H3. The van der Waals surface area contributed by atoms with Crippen LogP contribution in [0.5, 0.6) is 5.75 Å². The smallest absolute Gasteiger partial charge is 0.237 e. The molecule has 4 heteroatoms. The van der Waals surface area contributed by atoms with Crippen LogP contribution in [-0.2, 0) is 4.79 Å². The maximum atomic E-state index is 12.7. The first-order chi connectivity index (χ1) is 11.1. The van der Waals surface area contributed by atoms with Gasteiger partial charge in [-0.3, -0.25) is 9.69 Å². The first-order valence-corrected chi connectivity index (χ1v) is 8.83. The Balaban J connectivity index is 1.85. The van der Waals surface area contributed by atoms with Crippen LogP contribution >= 0.6 is 0 Å². The van der Waals surface area contributed by atoms with Gasteiger partial charge in [-0.05, 0) is 52.3 Å². The monoisotopic (exact) mass is 318 g/mol. The molecule has 128 valence electrons. The number of hydrogen-bond donors (Lipinski definition) is 0. The average molecular weight is 318 g/mol. The largest absolute Gasteiger partial charge is 0.491 e. The molecule has 4 nitrogen and oxygen atoms in total. The number of carbonyl (C=O) groups excluding carboxylic acids is 1. The number of likely N-dealkylation sites (tertiary alicyclic amines) is 1. The van der Waals surface area contributed by atoms with E-state index in [1.54, 1.807) is 0 Å². The molecule has 0 saturated carbocycles. The first kappa shape index (κ1) is 17.8. The fourth-order valence-corrected chi connectivity index (χ4v) is 3.21. The number of rotatable bonds is 7. The molecule has 23 heavy (non-hydrogen) atoms. The predicted molar refractivity (Wildman–Crippen MR) is 93.7 cm³/mol. The van der Waals surface area contributed by atoms with E-state index in [-0.39, 0.29) is 11.9 Å². The van der Waals surface area contributed by atoms with Gasteiger partial charge in [0.2, 0.25) is 5.91 Å². The lowest BCUT2D eigenvalue weighted by Crippen LogP contribution is -2.49. The summed E-state index contributed by atoms with van der Waals surface area (Å²) in [5.74, 6) is 1.07. The molecule has 1 aliphatic heterocycles. The van der Waals surface area contributed by atoms with E-state index in [0.717, 1.165) is 18.8 Å². The number of ether oxygens (including phenoxy) is 1. The highest BCUT2D eigenvalue weighted by Crippen LogP contribution is 2.17. The van der Waals surface area contributed by atoms with Crippen molar-refractivity contribution in [1.82, 2.24) is 9.80 Å². The third kappa shape index (κ3) is 5.24. The second-order valence-corrected chi connectivity index (χ2v) is 6.47.